The molecule has 1 saturated heterocycles. The zero-order chi connectivity index (χ0) is 9.26. The van der Waals surface area contributed by atoms with Crippen LogP contribution in [0.2, 0.25) is 0 Å². The standard InChI is InChI=1S/C10H15N3/c1-2-3-4-8-5-6-9-10(12-8)13(9)7-11/h5-6,8-10,12H,2-4H2,1H3/t8-,9+,10-,13?/m0/s1. The Hall–Kier alpha value is -1.01. The SMILES string of the molecule is CCCC[C@H]1C=C[C@@H]2[C@@H](N1)N2C#N. The van der Waals surface area contributed by atoms with Gasteiger partial charge in [-0.2, -0.15) is 5.26 Å². The molecule has 0 spiro atoms. The van der Waals surface area contributed by atoms with E-state index in [0.717, 1.165) is 0 Å². The average Bonchev–Trinajstić information content (AvgIpc) is 2.87. The van der Waals surface area contributed by atoms with Crippen LogP contribution < -0.4 is 5.32 Å². The zero-order valence-corrected chi connectivity index (χ0v) is 7.90. The zero-order valence-electron chi connectivity index (χ0n) is 7.90. The predicted molar refractivity (Wildman–Crippen MR) is 50.6 cm³/mol. The van der Waals surface area contributed by atoms with Crippen LogP contribution in [0.3, 0.4) is 0 Å². The molecule has 0 saturated carbocycles. The number of nitrogens with zero attached hydrogens (tertiary/aromatic N) is 2. The van der Waals surface area contributed by atoms with Crippen LogP contribution in [0.5, 0.6) is 0 Å². The fourth-order valence-electron chi connectivity index (χ4n) is 1.88. The van der Waals surface area contributed by atoms with Gasteiger partial charge in [-0.1, -0.05) is 31.9 Å². The Kier molecular flexibility index (Phi) is 2.24. The molecule has 0 unspecified atom stereocenters. The van der Waals surface area contributed by atoms with Gasteiger partial charge in [-0.25, -0.2) is 0 Å². The van der Waals surface area contributed by atoms with E-state index in [2.05, 4.69) is 30.6 Å². The van der Waals surface area contributed by atoms with Crippen molar-refractivity contribution in [3.05, 3.63) is 12.2 Å². The Morgan fingerprint density at radius 1 is 1.54 bits per heavy atom. The highest BCUT2D eigenvalue weighted by molar-refractivity contribution is 5.23. The molecule has 0 aromatic carbocycles. The number of fused-ring (bicyclic) bond motifs is 1. The summed E-state index contributed by atoms with van der Waals surface area (Å²) in [6, 6.07) is 0.836. The minimum atomic E-state index is 0.303. The number of hydrogen-bond acceptors (Lipinski definition) is 3. The molecule has 0 bridgehead atoms. The molecule has 0 radical (unpaired) electrons. The molecule has 3 atom stereocenters. The molecule has 2 rings (SSSR count). The molecule has 0 amide bonds. The summed E-state index contributed by atoms with van der Waals surface area (Å²) < 4.78 is 0. The molecule has 0 aromatic heterocycles. The smallest absolute Gasteiger partial charge is 0.181 e. The summed E-state index contributed by atoms with van der Waals surface area (Å²) >= 11 is 0. The molecule has 0 aliphatic carbocycles. The van der Waals surface area contributed by atoms with Crippen LogP contribution in [-0.4, -0.2) is 23.1 Å². The van der Waals surface area contributed by atoms with E-state index in [1.165, 1.54) is 19.3 Å². The van der Waals surface area contributed by atoms with Crippen LogP contribution in [-0.2, 0) is 0 Å². The van der Waals surface area contributed by atoms with Crippen molar-refractivity contribution >= 4 is 0 Å². The fourth-order valence-corrected chi connectivity index (χ4v) is 1.88. The van der Waals surface area contributed by atoms with Crippen molar-refractivity contribution in [1.29, 1.82) is 5.26 Å². The second-order valence-corrected chi connectivity index (χ2v) is 3.74. The Labute approximate surface area is 79.0 Å². The van der Waals surface area contributed by atoms with Gasteiger partial charge in [-0.05, 0) is 6.42 Å². The van der Waals surface area contributed by atoms with Gasteiger partial charge < -0.3 is 0 Å². The molecule has 13 heavy (non-hydrogen) atoms. The normalized spacial score (nSPS) is 35.4. The maximum Gasteiger partial charge on any atom is 0.181 e. The summed E-state index contributed by atoms with van der Waals surface area (Å²) in [5.74, 6) is 0. The van der Waals surface area contributed by atoms with Crippen molar-refractivity contribution in [3.8, 4) is 6.19 Å². The first-order valence-electron chi connectivity index (χ1n) is 4.99. The Bertz CT molecular complexity index is 253. The Morgan fingerprint density at radius 2 is 2.38 bits per heavy atom. The highest BCUT2D eigenvalue weighted by atomic mass is 15.4. The van der Waals surface area contributed by atoms with Crippen LogP contribution in [0.1, 0.15) is 26.2 Å². The van der Waals surface area contributed by atoms with E-state index in [-0.39, 0.29) is 0 Å². The van der Waals surface area contributed by atoms with Gasteiger partial charge >= 0.3 is 0 Å². The van der Waals surface area contributed by atoms with Crippen molar-refractivity contribution in [2.75, 3.05) is 0 Å². The van der Waals surface area contributed by atoms with Crippen LogP contribution in [0.4, 0.5) is 0 Å². The van der Waals surface area contributed by atoms with Gasteiger partial charge in [0.15, 0.2) is 6.19 Å². The third-order valence-corrected chi connectivity index (χ3v) is 2.76. The number of nitriles is 1. The van der Waals surface area contributed by atoms with Gasteiger partial charge in [-0.3, -0.25) is 10.2 Å². The van der Waals surface area contributed by atoms with Crippen molar-refractivity contribution in [3.63, 3.8) is 0 Å². The third-order valence-electron chi connectivity index (χ3n) is 2.76. The molecule has 3 heteroatoms. The highest BCUT2D eigenvalue weighted by Gasteiger charge is 2.48. The van der Waals surface area contributed by atoms with Gasteiger partial charge in [0.05, 0.1) is 6.04 Å². The second-order valence-electron chi connectivity index (χ2n) is 3.74. The average molecular weight is 177 g/mol. The summed E-state index contributed by atoms with van der Waals surface area (Å²) in [6.07, 6.45) is 10.5. The first kappa shape index (κ1) is 8.58. The second kappa shape index (κ2) is 3.39. The van der Waals surface area contributed by atoms with Crippen molar-refractivity contribution in [2.24, 2.45) is 0 Å². The van der Waals surface area contributed by atoms with Crippen molar-refractivity contribution in [1.82, 2.24) is 10.2 Å². The van der Waals surface area contributed by atoms with Gasteiger partial charge in [-0.15, -0.1) is 0 Å². The van der Waals surface area contributed by atoms with E-state index in [4.69, 9.17) is 5.26 Å². The maximum atomic E-state index is 8.70. The lowest BCUT2D eigenvalue weighted by Gasteiger charge is -2.15. The number of hydrogen-bond donors (Lipinski definition) is 1. The minimum Gasteiger partial charge on any atom is -0.288 e. The van der Waals surface area contributed by atoms with Crippen LogP contribution in [0, 0.1) is 11.5 Å². The maximum absolute atomic E-state index is 8.70. The van der Waals surface area contributed by atoms with Crippen LogP contribution >= 0.6 is 0 Å². The molecule has 3 nitrogen and oxygen atoms in total. The molecule has 1 fully saturated rings. The molecule has 2 aliphatic rings. The lowest BCUT2D eigenvalue weighted by atomic mass is 10.1. The largest absolute Gasteiger partial charge is 0.288 e. The van der Waals surface area contributed by atoms with Crippen LogP contribution in [0.25, 0.3) is 0 Å². The van der Waals surface area contributed by atoms with E-state index < -0.39 is 0 Å². The topological polar surface area (TPSA) is 38.8 Å². The summed E-state index contributed by atoms with van der Waals surface area (Å²) in [5, 5.41) is 12.1. The van der Waals surface area contributed by atoms with Gasteiger partial charge in [0.25, 0.3) is 0 Å². The quantitative estimate of drug-likeness (QED) is 0.400. The number of rotatable bonds is 3. The highest BCUT2D eigenvalue weighted by Crippen LogP contribution is 2.30. The molecule has 0 aromatic rings. The molecule has 2 aliphatic heterocycles. The number of nitrogens with one attached hydrogen (secondary N) is 1. The Morgan fingerprint density at radius 3 is 3.08 bits per heavy atom. The summed E-state index contributed by atoms with van der Waals surface area (Å²) in [5.41, 5.74) is 0. The molecule has 70 valence electrons. The predicted octanol–water partition coefficient (Wildman–Crippen LogP) is 1.20. The van der Waals surface area contributed by atoms with Crippen molar-refractivity contribution < 1.29 is 0 Å². The van der Waals surface area contributed by atoms with Crippen LogP contribution in [0.15, 0.2) is 12.2 Å². The van der Waals surface area contributed by atoms with E-state index >= 15 is 0 Å². The number of unbranched alkanes of at least 4 members (excludes halogenated alkanes) is 1. The molecular weight excluding hydrogens is 162 g/mol. The van der Waals surface area contributed by atoms with Crippen molar-refractivity contribution in [2.45, 2.75) is 44.4 Å². The third kappa shape index (κ3) is 1.54. The summed E-state index contributed by atoms with van der Waals surface area (Å²) in [6.45, 7) is 2.20. The summed E-state index contributed by atoms with van der Waals surface area (Å²) in [4.78, 5) is 1.79. The molecule has 2 heterocycles. The van der Waals surface area contributed by atoms with E-state index in [1.54, 1.807) is 4.90 Å². The van der Waals surface area contributed by atoms with Gasteiger partial charge in [0, 0.05) is 6.04 Å². The lowest BCUT2D eigenvalue weighted by molar-refractivity contribution is 0.486. The van der Waals surface area contributed by atoms with E-state index in [0.29, 0.717) is 18.2 Å². The van der Waals surface area contributed by atoms with Gasteiger partial charge in [0.2, 0.25) is 0 Å². The molecule has 1 N–H and O–H groups in total. The molecular formula is C10H15N3. The monoisotopic (exact) mass is 177 g/mol. The fraction of sp³-hybridized carbons (Fsp3) is 0.700. The first-order chi connectivity index (χ1) is 6.36. The van der Waals surface area contributed by atoms with E-state index in [1.807, 2.05) is 0 Å². The summed E-state index contributed by atoms with van der Waals surface area (Å²) in [7, 11) is 0. The first-order valence-corrected chi connectivity index (χ1v) is 4.99. The Balaban J connectivity index is 1.84. The van der Waals surface area contributed by atoms with Gasteiger partial charge in [0.1, 0.15) is 6.17 Å². The van der Waals surface area contributed by atoms with E-state index in [9.17, 15) is 0 Å². The lowest BCUT2D eigenvalue weighted by Crippen LogP contribution is -2.34. The minimum absolute atomic E-state index is 0.303.